The third kappa shape index (κ3) is 4.13. The van der Waals surface area contributed by atoms with Crippen molar-refractivity contribution in [1.82, 2.24) is 9.62 Å². The van der Waals surface area contributed by atoms with Gasteiger partial charge < -0.3 is 10.6 Å². The molecule has 0 atom stereocenters. The van der Waals surface area contributed by atoms with Gasteiger partial charge in [0.2, 0.25) is 10.0 Å². The summed E-state index contributed by atoms with van der Waals surface area (Å²) in [6.45, 7) is 3.89. The molecule has 1 rings (SSSR count). The number of likely N-dealkylation sites (N-methyl/N-ethyl adjacent to an activating group) is 1. The molecule has 0 saturated carbocycles. The third-order valence-corrected chi connectivity index (χ3v) is 4.41. The maximum atomic E-state index is 11.9. The average Bonchev–Trinajstić information content (AvgIpc) is 2.32. The van der Waals surface area contributed by atoms with Crippen LogP contribution in [0, 0.1) is 0 Å². The van der Waals surface area contributed by atoms with Crippen molar-refractivity contribution < 1.29 is 8.42 Å². The number of sulfonamides is 1. The Morgan fingerprint density at radius 2 is 2.11 bits per heavy atom. The van der Waals surface area contributed by atoms with E-state index in [-0.39, 0.29) is 10.6 Å². The van der Waals surface area contributed by atoms with Crippen molar-refractivity contribution in [3.05, 3.63) is 23.2 Å². The first kappa shape index (κ1) is 15.2. The molecule has 0 aromatic heterocycles. The maximum Gasteiger partial charge on any atom is 0.240 e. The number of halogens is 1. The van der Waals surface area contributed by atoms with Crippen molar-refractivity contribution >= 4 is 27.3 Å². The second kappa shape index (κ2) is 6.38. The van der Waals surface area contributed by atoms with Crippen molar-refractivity contribution in [1.29, 1.82) is 0 Å². The zero-order valence-corrected chi connectivity index (χ0v) is 12.1. The number of nitrogens with zero attached hydrogens (tertiary/aromatic N) is 1. The van der Waals surface area contributed by atoms with Gasteiger partial charge in [-0.3, -0.25) is 0 Å². The number of nitrogen functional groups attached to an aromatic ring is 1. The summed E-state index contributed by atoms with van der Waals surface area (Å²) < 4.78 is 26.4. The Hall–Kier alpha value is -0.820. The Balaban J connectivity index is 2.71. The lowest BCUT2D eigenvalue weighted by Crippen LogP contribution is -2.32. The van der Waals surface area contributed by atoms with Gasteiger partial charge in [-0.25, -0.2) is 13.1 Å². The first-order chi connectivity index (χ1) is 8.36. The molecule has 1 aromatic rings. The van der Waals surface area contributed by atoms with Crippen molar-refractivity contribution in [2.75, 3.05) is 32.4 Å². The van der Waals surface area contributed by atoms with Crippen molar-refractivity contribution in [3.8, 4) is 0 Å². The Kier molecular flexibility index (Phi) is 5.40. The Labute approximate surface area is 113 Å². The zero-order chi connectivity index (χ0) is 13.8. The van der Waals surface area contributed by atoms with Crippen LogP contribution in [-0.4, -0.2) is 40.0 Å². The first-order valence-corrected chi connectivity index (χ1v) is 7.46. The van der Waals surface area contributed by atoms with E-state index in [0.717, 1.165) is 6.54 Å². The fraction of sp³-hybridized carbons (Fsp3) is 0.455. The fourth-order valence-electron chi connectivity index (χ4n) is 1.30. The van der Waals surface area contributed by atoms with Gasteiger partial charge in [0.15, 0.2) is 0 Å². The van der Waals surface area contributed by atoms with Gasteiger partial charge in [0.1, 0.15) is 0 Å². The highest BCUT2D eigenvalue weighted by Gasteiger charge is 2.14. The van der Waals surface area contributed by atoms with E-state index in [1.807, 2.05) is 18.9 Å². The van der Waals surface area contributed by atoms with Crippen molar-refractivity contribution in [2.24, 2.45) is 0 Å². The van der Waals surface area contributed by atoms with Crippen LogP contribution in [0.3, 0.4) is 0 Å². The number of rotatable bonds is 6. The zero-order valence-electron chi connectivity index (χ0n) is 10.5. The summed E-state index contributed by atoms with van der Waals surface area (Å²) in [6, 6.07) is 4.27. The lowest BCUT2D eigenvalue weighted by atomic mass is 10.3. The van der Waals surface area contributed by atoms with E-state index in [2.05, 4.69) is 4.72 Å². The number of anilines is 1. The van der Waals surface area contributed by atoms with Crippen LogP contribution in [0.25, 0.3) is 0 Å². The molecule has 0 bridgehead atoms. The number of benzene rings is 1. The van der Waals surface area contributed by atoms with Gasteiger partial charge in [0, 0.05) is 13.1 Å². The van der Waals surface area contributed by atoms with Crippen LogP contribution in [0.2, 0.25) is 5.02 Å². The molecule has 0 unspecified atom stereocenters. The minimum absolute atomic E-state index is 0.128. The fourth-order valence-corrected chi connectivity index (χ4v) is 2.47. The Morgan fingerprint density at radius 3 is 2.67 bits per heavy atom. The molecule has 0 amide bonds. The molecule has 1 aromatic carbocycles. The van der Waals surface area contributed by atoms with Crippen molar-refractivity contribution in [2.45, 2.75) is 11.8 Å². The SMILES string of the molecule is CCN(C)CCNS(=O)(=O)c1ccc(Cl)c(N)c1. The number of nitrogens with two attached hydrogens (primary N) is 1. The molecule has 7 heteroatoms. The molecule has 0 heterocycles. The summed E-state index contributed by atoms with van der Waals surface area (Å²) in [5, 5.41) is 0.347. The van der Waals surface area contributed by atoms with E-state index in [9.17, 15) is 8.42 Å². The van der Waals surface area contributed by atoms with Gasteiger partial charge in [0.25, 0.3) is 0 Å². The highest BCUT2D eigenvalue weighted by atomic mass is 35.5. The van der Waals surface area contributed by atoms with Crippen LogP contribution in [0.5, 0.6) is 0 Å². The second-order valence-corrected chi connectivity index (χ2v) is 6.15. The van der Waals surface area contributed by atoms with E-state index in [1.165, 1.54) is 18.2 Å². The summed E-state index contributed by atoms with van der Waals surface area (Å²) in [6.07, 6.45) is 0. The van der Waals surface area contributed by atoms with Gasteiger partial charge in [-0.15, -0.1) is 0 Å². The van der Waals surface area contributed by atoms with Crippen molar-refractivity contribution in [3.63, 3.8) is 0 Å². The molecule has 0 aliphatic rings. The summed E-state index contributed by atoms with van der Waals surface area (Å²) in [5.41, 5.74) is 5.84. The van der Waals surface area contributed by atoms with E-state index < -0.39 is 10.0 Å². The van der Waals surface area contributed by atoms with Gasteiger partial charge in [0.05, 0.1) is 15.6 Å². The van der Waals surface area contributed by atoms with Gasteiger partial charge in [-0.1, -0.05) is 18.5 Å². The van der Waals surface area contributed by atoms with Gasteiger partial charge in [-0.2, -0.15) is 0 Å². The third-order valence-electron chi connectivity index (χ3n) is 2.60. The molecule has 5 nitrogen and oxygen atoms in total. The molecule has 0 spiro atoms. The smallest absolute Gasteiger partial charge is 0.240 e. The number of nitrogens with one attached hydrogen (secondary N) is 1. The molecule has 3 N–H and O–H groups in total. The van der Waals surface area contributed by atoms with Crippen LogP contribution in [-0.2, 0) is 10.0 Å². The average molecular weight is 292 g/mol. The summed E-state index contributed by atoms with van der Waals surface area (Å²) in [4.78, 5) is 2.14. The largest absolute Gasteiger partial charge is 0.397 e. The molecule has 102 valence electrons. The molecular formula is C11H18ClN3O2S. The minimum Gasteiger partial charge on any atom is -0.397 e. The lowest BCUT2D eigenvalue weighted by Gasteiger charge is -2.14. The molecule has 0 aliphatic heterocycles. The second-order valence-electron chi connectivity index (χ2n) is 3.98. The predicted molar refractivity (Wildman–Crippen MR) is 74.2 cm³/mol. The Morgan fingerprint density at radius 1 is 1.44 bits per heavy atom. The first-order valence-electron chi connectivity index (χ1n) is 5.60. The van der Waals surface area contributed by atoms with E-state index in [4.69, 9.17) is 17.3 Å². The number of hydrogen-bond donors (Lipinski definition) is 2. The summed E-state index contributed by atoms with van der Waals surface area (Å²) >= 11 is 5.75. The molecule has 0 aliphatic carbocycles. The quantitative estimate of drug-likeness (QED) is 0.771. The lowest BCUT2D eigenvalue weighted by molar-refractivity contribution is 0.358. The van der Waals surface area contributed by atoms with Gasteiger partial charge in [-0.05, 0) is 31.8 Å². The molecular weight excluding hydrogens is 274 g/mol. The topological polar surface area (TPSA) is 75.4 Å². The standard InChI is InChI=1S/C11H18ClN3O2S/c1-3-15(2)7-6-14-18(16,17)9-4-5-10(12)11(13)8-9/h4-5,8,14H,3,6-7,13H2,1-2H3. The number of hydrogen-bond acceptors (Lipinski definition) is 4. The molecule has 0 saturated heterocycles. The normalized spacial score (nSPS) is 12.0. The van der Waals surface area contributed by atoms with Gasteiger partial charge >= 0.3 is 0 Å². The predicted octanol–water partition coefficient (Wildman–Crippen LogP) is 1.15. The minimum atomic E-state index is -3.52. The van der Waals surface area contributed by atoms with Crippen LogP contribution in [0.15, 0.2) is 23.1 Å². The summed E-state index contributed by atoms with van der Waals surface area (Å²) in [7, 11) is -1.59. The molecule has 0 radical (unpaired) electrons. The van der Waals surface area contributed by atoms with E-state index in [1.54, 1.807) is 0 Å². The monoisotopic (exact) mass is 291 g/mol. The van der Waals surface area contributed by atoms with E-state index >= 15 is 0 Å². The van der Waals surface area contributed by atoms with Crippen LogP contribution in [0.1, 0.15) is 6.92 Å². The maximum absolute atomic E-state index is 11.9. The van der Waals surface area contributed by atoms with Crippen LogP contribution in [0.4, 0.5) is 5.69 Å². The highest BCUT2D eigenvalue weighted by Crippen LogP contribution is 2.21. The van der Waals surface area contributed by atoms with E-state index in [0.29, 0.717) is 18.1 Å². The Bertz CT molecular complexity index is 505. The van der Waals surface area contributed by atoms with Crippen LogP contribution >= 0.6 is 11.6 Å². The summed E-state index contributed by atoms with van der Waals surface area (Å²) in [5.74, 6) is 0. The van der Waals surface area contributed by atoms with Crippen LogP contribution < -0.4 is 10.5 Å². The molecule has 18 heavy (non-hydrogen) atoms. The molecule has 0 fully saturated rings. The highest BCUT2D eigenvalue weighted by molar-refractivity contribution is 7.89.